The lowest BCUT2D eigenvalue weighted by atomic mass is 10.1. The van der Waals surface area contributed by atoms with E-state index in [9.17, 15) is 29.4 Å². The van der Waals surface area contributed by atoms with E-state index in [-0.39, 0.29) is 58.2 Å². The molecule has 0 saturated carbocycles. The van der Waals surface area contributed by atoms with Gasteiger partial charge in [-0.1, -0.05) is 51.1 Å². The van der Waals surface area contributed by atoms with E-state index in [0.29, 0.717) is 5.56 Å². The molecule has 1 aromatic carbocycles. The molecular formula is C37H45FN9O12P2SSi+. The van der Waals surface area contributed by atoms with Crippen molar-refractivity contribution in [2.75, 3.05) is 19.8 Å². The molecule has 0 bridgehead atoms. The van der Waals surface area contributed by atoms with Gasteiger partial charge >= 0.3 is 15.0 Å². The van der Waals surface area contributed by atoms with Gasteiger partial charge in [0.2, 0.25) is 0 Å². The Morgan fingerprint density at radius 3 is 2.46 bits per heavy atom. The summed E-state index contributed by atoms with van der Waals surface area (Å²) in [5.41, 5.74) is 0.775. The molecule has 336 valence electrons. The average Bonchev–Trinajstić information content (AvgIpc) is 4.02. The van der Waals surface area contributed by atoms with E-state index in [1.807, 2.05) is 39.9 Å². The molecule has 3 unspecified atom stereocenters. The van der Waals surface area contributed by atoms with Gasteiger partial charge in [-0.2, -0.15) is 10.4 Å². The first-order valence-electron chi connectivity index (χ1n) is 19.6. The largest absolute Gasteiger partial charge is 0.695 e. The molecule has 63 heavy (non-hydrogen) atoms. The second kappa shape index (κ2) is 19.1. The highest BCUT2D eigenvalue weighted by Gasteiger charge is 2.55. The number of H-pyrrole nitrogens is 1. The minimum atomic E-state index is -4.11. The number of aliphatic hydroxyl groups is 1. The van der Waals surface area contributed by atoms with Crippen molar-refractivity contribution in [2.45, 2.75) is 101 Å². The molecule has 3 N–H and O–H groups in total. The van der Waals surface area contributed by atoms with E-state index in [0.717, 1.165) is 0 Å². The Morgan fingerprint density at radius 1 is 1.05 bits per heavy atom. The van der Waals surface area contributed by atoms with Gasteiger partial charge in [0.1, 0.15) is 36.3 Å². The van der Waals surface area contributed by atoms with Crippen molar-refractivity contribution in [3.63, 3.8) is 0 Å². The SMILES string of the molecule is CC(C)(C)[Si](C)(C)O[C@H]1C(OP(=S)(OCCC#N)OC[C@H]2O[C@@H](n3cnc4c(CC(=O)c5ccccc5)ncnc43)[C@H](F)[C@@H]2O[P+](=O)O)[C@H](n2cnc3c(=O)[nH]ncc32)O[C@@H]1CO. The van der Waals surface area contributed by atoms with Crippen molar-refractivity contribution < 1.29 is 55.7 Å². The summed E-state index contributed by atoms with van der Waals surface area (Å²) in [5.74, 6) is -0.233. The Bertz CT molecular complexity index is 2610. The molecule has 4 aromatic heterocycles. The van der Waals surface area contributed by atoms with Crippen LogP contribution in [0.1, 0.15) is 55.7 Å². The van der Waals surface area contributed by atoms with Gasteiger partial charge in [-0.05, 0) is 29.9 Å². The first-order chi connectivity index (χ1) is 29.9. The second-order valence-corrected chi connectivity index (χ2v) is 24.6. The van der Waals surface area contributed by atoms with Crippen LogP contribution in [0.25, 0.3) is 22.2 Å². The zero-order valence-electron chi connectivity index (χ0n) is 34.6. The Morgan fingerprint density at radius 2 is 1.76 bits per heavy atom. The van der Waals surface area contributed by atoms with Crippen LogP contribution in [0.3, 0.4) is 0 Å². The minimum Gasteiger partial charge on any atom is -0.408 e. The van der Waals surface area contributed by atoms with Crippen LogP contribution in [-0.2, 0) is 54.8 Å². The summed E-state index contributed by atoms with van der Waals surface area (Å²) in [6.45, 7) is 4.52. The maximum absolute atomic E-state index is 16.5. The Labute approximate surface area is 366 Å². The summed E-state index contributed by atoms with van der Waals surface area (Å²) in [6.07, 6.45) is -6.34. The van der Waals surface area contributed by atoms with Gasteiger partial charge in [-0.3, -0.25) is 23.2 Å². The molecule has 0 radical (unpaired) electrons. The van der Waals surface area contributed by atoms with E-state index in [1.54, 1.807) is 30.3 Å². The lowest BCUT2D eigenvalue weighted by Crippen LogP contribution is -2.50. The maximum Gasteiger partial charge on any atom is 0.695 e. The van der Waals surface area contributed by atoms with Crippen LogP contribution in [0.2, 0.25) is 18.1 Å². The molecule has 7 rings (SSSR count). The highest BCUT2D eigenvalue weighted by Crippen LogP contribution is 2.56. The lowest BCUT2D eigenvalue weighted by Gasteiger charge is -2.41. The number of hydrogen-bond donors (Lipinski definition) is 3. The van der Waals surface area contributed by atoms with Gasteiger partial charge in [-0.15, -0.1) is 9.42 Å². The van der Waals surface area contributed by atoms with Crippen LogP contribution in [0.4, 0.5) is 4.39 Å². The summed E-state index contributed by atoms with van der Waals surface area (Å²) < 4.78 is 74.7. The number of ketones is 1. The van der Waals surface area contributed by atoms with Gasteiger partial charge < -0.3 is 28.1 Å². The smallest absolute Gasteiger partial charge is 0.408 e. The van der Waals surface area contributed by atoms with Crippen molar-refractivity contribution >= 4 is 63.1 Å². The number of carbonyl (C=O) groups is 1. The van der Waals surface area contributed by atoms with E-state index in [4.69, 9.17) is 43.8 Å². The van der Waals surface area contributed by atoms with Gasteiger partial charge in [0.25, 0.3) is 5.56 Å². The van der Waals surface area contributed by atoms with Crippen LogP contribution in [0.5, 0.6) is 0 Å². The number of rotatable bonds is 18. The summed E-state index contributed by atoms with van der Waals surface area (Å²) >= 11 is 5.96. The van der Waals surface area contributed by atoms with Crippen LogP contribution < -0.4 is 5.56 Å². The first-order valence-corrected chi connectivity index (χ1v) is 26.2. The molecule has 2 aliphatic rings. The fourth-order valence-corrected chi connectivity index (χ4v) is 10.8. The van der Waals surface area contributed by atoms with Crippen LogP contribution in [-0.4, -0.2) is 120 Å². The number of benzene rings is 1. The maximum atomic E-state index is 16.5. The molecule has 6 heterocycles. The molecule has 26 heteroatoms. The molecule has 21 nitrogen and oxygen atoms in total. The molecule has 0 aliphatic carbocycles. The Hall–Kier alpha value is -4.18. The normalized spacial score (nSPS) is 25.3. The number of nitriles is 1. The Balaban J connectivity index is 1.19. The van der Waals surface area contributed by atoms with E-state index in [1.165, 1.54) is 34.3 Å². The molecule has 2 aliphatic heterocycles. The number of carbonyl (C=O) groups excluding carboxylic acids is 1. The predicted octanol–water partition coefficient (Wildman–Crippen LogP) is 4.49. The van der Waals surface area contributed by atoms with Gasteiger partial charge in [0.15, 0.2) is 50.0 Å². The number of halogens is 1. The van der Waals surface area contributed by atoms with Crippen molar-refractivity contribution in [3.8, 4) is 6.07 Å². The second-order valence-electron chi connectivity index (χ2n) is 16.2. The highest BCUT2D eigenvalue weighted by molar-refractivity contribution is 8.07. The molecule has 2 fully saturated rings. The molecule has 5 aromatic rings. The standard InChI is InChI=1S/C37H44FN9O12P2SSi/c1-37(2,3)63(4,5)59-31-25(16-48)55-36(46-19-43-29-23(46)15-44-45-34(29)50)32(31)58-61(62,53-13-9-12-39)54-17-26-30(57-60(51)52)27(38)35(56-26)47-20-42-28-22(40-18-41-33(28)47)14-24(49)21-10-7-6-8-11-21/h6-8,10-11,15,18-20,25-27,30-32,35-36,48H,9,13-14,16-17H2,1-5H3,(H-,45,50,51,52)/p+1/t25-,26-,27-,30-,31-,32?,35-,36-,61?/m1/s1. The fourth-order valence-electron chi connectivity index (χ4n) is 6.92. The van der Waals surface area contributed by atoms with Crippen molar-refractivity contribution in [2.24, 2.45) is 0 Å². The number of nitrogens with zero attached hydrogens (tertiary/aromatic N) is 8. The molecular weight excluding hydrogens is 904 g/mol. The van der Waals surface area contributed by atoms with Crippen LogP contribution in [0, 0.1) is 11.3 Å². The summed E-state index contributed by atoms with van der Waals surface area (Å²) in [5, 5.41) is 26.0. The predicted molar refractivity (Wildman–Crippen MR) is 226 cm³/mol. The molecule has 10 atom stereocenters. The highest BCUT2D eigenvalue weighted by atomic mass is 32.5. The zero-order valence-corrected chi connectivity index (χ0v) is 38.2. The number of aromatic amines is 1. The quantitative estimate of drug-likeness (QED) is 0.0472. The van der Waals surface area contributed by atoms with E-state index in [2.05, 4.69) is 30.1 Å². The first kappa shape index (κ1) is 46.8. The number of imidazole rings is 2. The van der Waals surface area contributed by atoms with Crippen LogP contribution in [0.15, 0.2) is 60.3 Å². The molecule has 0 spiro atoms. The van der Waals surface area contributed by atoms with Gasteiger partial charge in [0.05, 0.1) is 68.8 Å². The number of Topliss-reactive ketones (excluding diaryl/α,β-unsaturated/α-hetero) is 1. The monoisotopic (exact) mass is 948 g/mol. The fraction of sp³-hybridized carbons (Fsp3) is 0.514. The van der Waals surface area contributed by atoms with E-state index >= 15 is 4.39 Å². The van der Waals surface area contributed by atoms with Crippen molar-refractivity contribution in [1.29, 1.82) is 5.26 Å². The zero-order chi connectivity index (χ0) is 45.3. The molecule has 2 saturated heterocycles. The number of alkyl halides is 1. The van der Waals surface area contributed by atoms with E-state index < -0.39 is 91.2 Å². The number of hydrogen-bond acceptors (Lipinski definition) is 18. The Kier molecular flexibility index (Phi) is 14.2. The third kappa shape index (κ3) is 9.91. The summed E-state index contributed by atoms with van der Waals surface area (Å²) in [4.78, 5) is 52.6. The minimum absolute atomic E-state index is 0.0404. The lowest BCUT2D eigenvalue weighted by molar-refractivity contribution is -0.0559. The topological polar surface area (TPSA) is 270 Å². The third-order valence-electron chi connectivity index (χ3n) is 11.1. The number of ether oxygens (including phenoxy) is 2. The van der Waals surface area contributed by atoms with Crippen LogP contribution >= 0.6 is 15.0 Å². The summed E-state index contributed by atoms with van der Waals surface area (Å²) in [7, 11) is -6.05. The van der Waals surface area contributed by atoms with Crippen molar-refractivity contribution in [1.82, 2.24) is 39.3 Å². The number of aliphatic hydroxyl groups excluding tert-OH is 1. The number of fused-ring (bicyclic) bond motifs is 2. The van der Waals surface area contributed by atoms with Gasteiger partial charge in [0, 0.05) is 10.1 Å². The average molecular weight is 949 g/mol. The number of aromatic nitrogens is 8. The third-order valence-corrected chi connectivity index (χ3v) is 18.4. The van der Waals surface area contributed by atoms with Crippen molar-refractivity contribution in [3.05, 3.63) is 77.1 Å². The molecule has 0 amide bonds. The number of nitrogens with one attached hydrogen (secondary N) is 1. The summed E-state index contributed by atoms with van der Waals surface area (Å²) in [6, 6.07) is 10.6. The van der Waals surface area contributed by atoms with Gasteiger partial charge in [-0.25, -0.2) is 29.4 Å².